The van der Waals surface area contributed by atoms with E-state index in [1.807, 2.05) is 57.2 Å². The average Bonchev–Trinajstić information content (AvgIpc) is 2.55. The third kappa shape index (κ3) is 5.20. The first-order chi connectivity index (χ1) is 10.5. The predicted octanol–water partition coefficient (Wildman–Crippen LogP) is 3.70. The van der Waals surface area contributed by atoms with Gasteiger partial charge in [-0.15, -0.1) is 24.8 Å². The van der Waals surface area contributed by atoms with Gasteiger partial charge in [-0.25, -0.2) is 0 Å². The molecule has 0 radical (unpaired) electrons. The highest BCUT2D eigenvalue weighted by atomic mass is 35.5. The summed E-state index contributed by atoms with van der Waals surface area (Å²) in [6.45, 7) is 6.45. The minimum absolute atomic E-state index is 0. The van der Waals surface area contributed by atoms with Crippen LogP contribution in [0.2, 0.25) is 0 Å². The van der Waals surface area contributed by atoms with Gasteiger partial charge in [0.25, 0.3) is 5.91 Å². The highest BCUT2D eigenvalue weighted by Crippen LogP contribution is 2.20. The first-order valence-electron chi connectivity index (χ1n) is 7.49. The van der Waals surface area contributed by atoms with Crippen LogP contribution in [0.25, 0.3) is 11.1 Å². The maximum Gasteiger partial charge on any atom is 0.253 e. The second-order valence-corrected chi connectivity index (χ2v) is 6.06. The lowest BCUT2D eigenvalue weighted by Crippen LogP contribution is -2.55. The molecule has 0 aliphatic carbocycles. The van der Waals surface area contributed by atoms with Crippen molar-refractivity contribution in [2.24, 2.45) is 11.7 Å². The highest BCUT2D eigenvalue weighted by molar-refractivity contribution is 5.95. The Balaban J connectivity index is 0.00000264. The number of hydrogen-bond donors (Lipinski definition) is 2. The van der Waals surface area contributed by atoms with Crippen LogP contribution in [0.1, 0.15) is 31.1 Å². The largest absolute Gasteiger partial charge is 0.345 e. The van der Waals surface area contributed by atoms with E-state index in [-0.39, 0.29) is 36.6 Å². The van der Waals surface area contributed by atoms with Crippen LogP contribution in [0.3, 0.4) is 0 Å². The molecule has 0 saturated carbocycles. The van der Waals surface area contributed by atoms with Crippen molar-refractivity contribution in [3.63, 3.8) is 0 Å². The van der Waals surface area contributed by atoms with Crippen molar-refractivity contribution in [1.29, 1.82) is 0 Å². The maximum atomic E-state index is 12.5. The Bertz CT molecular complexity index is 650. The van der Waals surface area contributed by atoms with Crippen molar-refractivity contribution in [1.82, 2.24) is 10.3 Å². The summed E-state index contributed by atoms with van der Waals surface area (Å²) in [7, 11) is 0. The molecule has 1 atom stereocenters. The van der Waals surface area contributed by atoms with Gasteiger partial charge >= 0.3 is 0 Å². The molecule has 132 valence electrons. The molecule has 1 amide bonds. The number of hydrogen-bond acceptors (Lipinski definition) is 3. The van der Waals surface area contributed by atoms with Gasteiger partial charge in [0, 0.05) is 24.5 Å². The lowest BCUT2D eigenvalue weighted by molar-refractivity contribution is 0.0883. The Hall–Kier alpha value is -1.62. The minimum Gasteiger partial charge on any atom is -0.345 e. The fourth-order valence-corrected chi connectivity index (χ4v) is 2.12. The standard InChI is InChI=1S/C18H23N3O.2ClH/c1-13(2)18(3,12-19)21-17(22)16-9-15(10-20-11-16)14-7-5-4-6-8-14;;/h4-11,13H,12,19H2,1-3H3,(H,21,22);2*1H. The third-order valence-electron chi connectivity index (χ3n) is 4.20. The Morgan fingerprint density at radius 3 is 2.33 bits per heavy atom. The summed E-state index contributed by atoms with van der Waals surface area (Å²) in [4.78, 5) is 16.7. The third-order valence-corrected chi connectivity index (χ3v) is 4.20. The van der Waals surface area contributed by atoms with E-state index < -0.39 is 5.54 Å². The number of benzene rings is 1. The molecule has 4 nitrogen and oxygen atoms in total. The molecule has 0 saturated heterocycles. The number of carbonyl (C=O) groups is 1. The first kappa shape index (κ1) is 22.4. The van der Waals surface area contributed by atoms with Crippen LogP contribution in [0.5, 0.6) is 0 Å². The molecule has 0 aliphatic rings. The fraction of sp³-hybridized carbons (Fsp3) is 0.333. The molecule has 0 bridgehead atoms. The van der Waals surface area contributed by atoms with E-state index >= 15 is 0 Å². The number of nitrogens with two attached hydrogens (primary N) is 1. The van der Waals surface area contributed by atoms with Gasteiger partial charge < -0.3 is 11.1 Å². The Morgan fingerprint density at radius 2 is 1.79 bits per heavy atom. The van der Waals surface area contributed by atoms with Gasteiger partial charge in [0.2, 0.25) is 0 Å². The lowest BCUT2D eigenvalue weighted by atomic mass is 9.88. The molecule has 0 fully saturated rings. The second kappa shape index (κ2) is 9.62. The molecule has 0 aliphatic heterocycles. The quantitative estimate of drug-likeness (QED) is 0.843. The molecule has 6 heteroatoms. The number of carbonyl (C=O) groups excluding carboxylic acids is 1. The van der Waals surface area contributed by atoms with E-state index in [1.54, 1.807) is 12.4 Å². The molecule has 1 aromatic heterocycles. The van der Waals surface area contributed by atoms with Crippen molar-refractivity contribution in [3.8, 4) is 11.1 Å². The zero-order chi connectivity index (χ0) is 16.2. The summed E-state index contributed by atoms with van der Waals surface area (Å²) in [5, 5.41) is 3.03. The predicted molar refractivity (Wildman–Crippen MR) is 104 cm³/mol. The topological polar surface area (TPSA) is 68.0 Å². The molecular formula is C18H25Cl2N3O. The summed E-state index contributed by atoms with van der Waals surface area (Å²) >= 11 is 0. The zero-order valence-corrected chi connectivity index (χ0v) is 15.8. The molecular weight excluding hydrogens is 345 g/mol. The molecule has 1 heterocycles. The molecule has 1 unspecified atom stereocenters. The van der Waals surface area contributed by atoms with Gasteiger partial charge in [-0.2, -0.15) is 0 Å². The SMILES string of the molecule is CC(C)C(C)(CN)NC(=O)c1cncc(-c2ccccc2)c1.Cl.Cl. The molecule has 24 heavy (non-hydrogen) atoms. The fourth-order valence-electron chi connectivity index (χ4n) is 2.12. The molecule has 2 aromatic rings. The van der Waals surface area contributed by atoms with Gasteiger partial charge in [0.15, 0.2) is 0 Å². The first-order valence-corrected chi connectivity index (χ1v) is 7.49. The highest BCUT2D eigenvalue weighted by Gasteiger charge is 2.29. The number of aromatic nitrogens is 1. The average molecular weight is 370 g/mol. The van der Waals surface area contributed by atoms with Crippen molar-refractivity contribution < 1.29 is 4.79 Å². The summed E-state index contributed by atoms with van der Waals surface area (Å²) < 4.78 is 0. The molecule has 2 rings (SSSR count). The molecule has 3 N–H and O–H groups in total. The van der Waals surface area contributed by atoms with Crippen LogP contribution in [0.4, 0.5) is 0 Å². The number of amides is 1. The smallest absolute Gasteiger partial charge is 0.253 e. The van der Waals surface area contributed by atoms with E-state index in [4.69, 9.17) is 5.73 Å². The van der Waals surface area contributed by atoms with Crippen molar-refractivity contribution in [3.05, 3.63) is 54.4 Å². The molecule has 0 spiro atoms. The monoisotopic (exact) mass is 369 g/mol. The summed E-state index contributed by atoms with van der Waals surface area (Å²) in [6.07, 6.45) is 3.34. The van der Waals surface area contributed by atoms with Gasteiger partial charge in [-0.05, 0) is 24.5 Å². The van der Waals surface area contributed by atoms with Crippen molar-refractivity contribution in [2.45, 2.75) is 26.3 Å². The van der Waals surface area contributed by atoms with Gasteiger partial charge in [-0.3, -0.25) is 9.78 Å². The number of rotatable bonds is 5. The molecule has 1 aromatic carbocycles. The number of halogens is 2. The summed E-state index contributed by atoms with van der Waals surface area (Å²) in [5.74, 6) is 0.0960. The number of nitrogens with zero attached hydrogens (tertiary/aromatic N) is 1. The van der Waals surface area contributed by atoms with Crippen molar-refractivity contribution in [2.75, 3.05) is 6.54 Å². The normalized spacial score (nSPS) is 12.5. The van der Waals surface area contributed by atoms with E-state index in [9.17, 15) is 4.79 Å². The van der Waals surface area contributed by atoms with Crippen molar-refractivity contribution >= 4 is 30.7 Å². The number of nitrogens with one attached hydrogen (secondary N) is 1. The van der Waals surface area contributed by atoms with Crippen LogP contribution in [0, 0.1) is 5.92 Å². The summed E-state index contributed by atoms with van der Waals surface area (Å²) in [6, 6.07) is 11.7. The Kier molecular flexibility index (Phi) is 8.97. The van der Waals surface area contributed by atoms with E-state index in [0.29, 0.717) is 12.1 Å². The van der Waals surface area contributed by atoms with Crippen LogP contribution in [-0.2, 0) is 0 Å². The Morgan fingerprint density at radius 1 is 1.17 bits per heavy atom. The van der Waals surface area contributed by atoms with Gasteiger partial charge in [-0.1, -0.05) is 44.2 Å². The zero-order valence-electron chi connectivity index (χ0n) is 14.2. The summed E-state index contributed by atoms with van der Waals surface area (Å²) in [5.41, 5.74) is 7.90. The second-order valence-electron chi connectivity index (χ2n) is 6.06. The van der Waals surface area contributed by atoms with E-state index in [1.165, 1.54) is 0 Å². The Labute approximate surface area is 156 Å². The number of pyridine rings is 1. The van der Waals surface area contributed by atoms with Crippen LogP contribution < -0.4 is 11.1 Å². The van der Waals surface area contributed by atoms with Crippen LogP contribution in [-0.4, -0.2) is 23.0 Å². The van der Waals surface area contributed by atoms with Crippen LogP contribution >= 0.6 is 24.8 Å². The van der Waals surface area contributed by atoms with Crippen LogP contribution in [0.15, 0.2) is 48.8 Å². The van der Waals surface area contributed by atoms with Gasteiger partial charge in [0.05, 0.1) is 11.1 Å². The van der Waals surface area contributed by atoms with E-state index in [0.717, 1.165) is 11.1 Å². The van der Waals surface area contributed by atoms with Gasteiger partial charge in [0.1, 0.15) is 0 Å². The lowest BCUT2D eigenvalue weighted by Gasteiger charge is -2.33. The van der Waals surface area contributed by atoms with E-state index in [2.05, 4.69) is 10.3 Å². The maximum absolute atomic E-state index is 12.5. The minimum atomic E-state index is -0.431.